The maximum absolute atomic E-state index is 10.0. The molecule has 3 N–H and O–H groups in total. The van der Waals surface area contributed by atoms with Crippen molar-refractivity contribution in [3.8, 4) is 0 Å². The summed E-state index contributed by atoms with van der Waals surface area (Å²) in [6, 6.07) is 0.448. The minimum Gasteiger partial charge on any atom is -0.389 e. The van der Waals surface area contributed by atoms with Gasteiger partial charge in [-0.15, -0.1) is 5.10 Å². The molecule has 0 radical (unpaired) electrons. The molecule has 0 aromatic carbocycles. The molecule has 0 unspecified atom stereocenters. The summed E-state index contributed by atoms with van der Waals surface area (Å²) in [6.07, 6.45) is 5.71. The Morgan fingerprint density at radius 1 is 1.45 bits per heavy atom. The fourth-order valence-electron chi connectivity index (χ4n) is 2.92. The van der Waals surface area contributed by atoms with Gasteiger partial charge < -0.3 is 20.3 Å². The molecule has 1 fully saturated rings. The highest BCUT2D eigenvalue weighted by atomic mass is 16.5. The van der Waals surface area contributed by atoms with Gasteiger partial charge in [0.25, 0.3) is 0 Å². The van der Waals surface area contributed by atoms with E-state index in [1.807, 2.05) is 10.9 Å². The average molecular weight is 312 g/mol. The van der Waals surface area contributed by atoms with Crippen molar-refractivity contribution in [2.24, 2.45) is 0 Å². The van der Waals surface area contributed by atoms with Gasteiger partial charge in [0.15, 0.2) is 0 Å². The van der Waals surface area contributed by atoms with Crippen LogP contribution in [0.3, 0.4) is 0 Å². The number of rotatable bonds is 7. The smallest absolute Gasteiger partial charge is 0.114 e. The second-order valence-electron chi connectivity index (χ2n) is 6.62. The fraction of sp³-hybridized carbons (Fsp3) is 0.867. The fourth-order valence-corrected chi connectivity index (χ4v) is 2.92. The third kappa shape index (κ3) is 4.49. The van der Waals surface area contributed by atoms with Gasteiger partial charge in [-0.2, -0.15) is 0 Å². The standard InChI is InChI=1S/C15H28N4O3/c1-15(2,21)14-9-19(18-17-14)13-7-5-4-6-12(13)16-8-11(20)10-22-3/h9,11-13,16,20-21H,4-8,10H2,1-3H3/t11-,12+,13-/m1/s1. The van der Waals surface area contributed by atoms with Crippen LogP contribution in [0.25, 0.3) is 0 Å². The van der Waals surface area contributed by atoms with Gasteiger partial charge in [0, 0.05) is 19.7 Å². The number of aliphatic hydroxyl groups is 2. The summed E-state index contributed by atoms with van der Waals surface area (Å²) in [4.78, 5) is 0. The van der Waals surface area contributed by atoms with Crippen LogP contribution in [0.2, 0.25) is 0 Å². The van der Waals surface area contributed by atoms with Crippen LogP contribution in [0.1, 0.15) is 51.3 Å². The highest BCUT2D eigenvalue weighted by Crippen LogP contribution is 2.29. The molecule has 1 aliphatic rings. The quantitative estimate of drug-likeness (QED) is 0.682. The van der Waals surface area contributed by atoms with Crippen molar-refractivity contribution in [2.75, 3.05) is 20.3 Å². The normalized spacial score (nSPS) is 24.4. The number of nitrogens with one attached hydrogen (secondary N) is 1. The SMILES string of the molecule is COC[C@H](O)CN[C@H]1CCCC[C@H]1n1cc(C(C)(C)O)nn1. The van der Waals surface area contributed by atoms with Gasteiger partial charge >= 0.3 is 0 Å². The Bertz CT molecular complexity index is 458. The van der Waals surface area contributed by atoms with E-state index in [0.717, 1.165) is 19.3 Å². The van der Waals surface area contributed by atoms with Crippen LogP contribution >= 0.6 is 0 Å². The summed E-state index contributed by atoms with van der Waals surface area (Å²) in [6.45, 7) is 4.25. The summed E-state index contributed by atoms with van der Waals surface area (Å²) in [7, 11) is 1.58. The predicted octanol–water partition coefficient (Wildman–Crippen LogP) is 0.586. The number of nitrogens with zero attached hydrogens (tertiary/aromatic N) is 3. The molecular formula is C15H28N4O3. The highest BCUT2D eigenvalue weighted by molar-refractivity contribution is 5.04. The van der Waals surface area contributed by atoms with Crippen LogP contribution in [0.4, 0.5) is 0 Å². The van der Waals surface area contributed by atoms with E-state index in [-0.39, 0.29) is 12.1 Å². The summed E-state index contributed by atoms with van der Waals surface area (Å²) in [5, 5.41) is 31.5. The van der Waals surface area contributed by atoms with Gasteiger partial charge in [-0.1, -0.05) is 18.1 Å². The van der Waals surface area contributed by atoms with Crippen LogP contribution in [-0.2, 0) is 10.3 Å². The molecule has 0 amide bonds. The lowest BCUT2D eigenvalue weighted by Crippen LogP contribution is -2.44. The van der Waals surface area contributed by atoms with Crippen molar-refractivity contribution in [2.45, 2.75) is 63.3 Å². The van der Waals surface area contributed by atoms with Crippen molar-refractivity contribution in [3.63, 3.8) is 0 Å². The molecule has 0 bridgehead atoms. The third-order valence-electron chi connectivity index (χ3n) is 4.18. The molecule has 7 nitrogen and oxygen atoms in total. The molecule has 0 saturated heterocycles. The highest BCUT2D eigenvalue weighted by Gasteiger charge is 2.29. The number of methoxy groups -OCH3 is 1. The predicted molar refractivity (Wildman–Crippen MR) is 82.4 cm³/mol. The molecule has 7 heteroatoms. The van der Waals surface area contributed by atoms with Crippen LogP contribution in [0, 0.1) is 0 Å². The Kier molecular flexibility index (Phi) is 5.91. The molecular weight excluding hydrogens is 284 g/mol. The zero-order valence-corrected chi connectivity index (χ0v) is 13.7. The van der Waals surface area contributed by atoms with Crippen molar-refractivity contribution in [3.05, 3.63) is 11.9 Å². The Balaban J connectivity index is 2.01. The second-order valence-corrected chi connectivity index (χ2v) is 6.62. The Morgan fingerprint density at radius 3 is 2.82 bits per heavy atom. The van der Waals surface area contributed by atoms with Gasteiger partial charge in [0.05, 0.1) is 24.9 Å². The zero-order valence-electron chi connectivity index (χ0n) is 13.7. The summed E-state index contributed by atoms with van der Waals surface area (Å²) in [5.41, 5.74) is -0.402. The van der Waals surface area contributed by atoms with Gasteiger partial charge in [0.2, 0.25) is 0 Å². The first-order valence-electron chi connectivity index (χ1n) is 7.97. The van der Waals surface area contributed by atoms with E-state index in [2.05, 4.69) is 15.6 Å². The van der Waals surface area contributed by atoms with Crippen molar-refractivity contribution in [1.82, 2.24) is 20.3 Å². The van der Waals surface area contributed by atoms with Gasteiger partial charge in [-0.05, 0) is 26.7 Å². The first-order valence-corrected chi connectivity index (χ1v) is 7.97. The minimum absolute atomic E-state index is 0.201. The average Bonchev–Trinajstić information content (AvgIpc) is 2.95. The van der Waals surface area contributed by atoms with Gasteiger partial charge in [-0.3, -0.25) is 0 Å². The number of hydrogen-bond acceptors (Lipinski definition) is 6. The third-order valence-corrected chi connectivity index (χ3v) is 4.18. The molecule has 126 valence electrons. The summed E-state index contributed by atoms with van der Waals surface area (Å²) >= 11 is 0. The Labute approximate surface area is 131 Å². The zero-order chi connectivity index (χ0) is 16.2. The maximum atomic E-state index is 10.0. The van der Waals surface area contributed by atoms with E-state index in [0.29, 0.717) is 18.8 Å². The van der Waals surface area contributed by atoms with E-state index in [4.69, 9.17) is 4.74 Å². The Hall–Kier alpha value is -1.02. The van der Waals surface area contributed by atoms with Crippen molar-refractivity contribution in [1.29, 1.82) is 0 Å². The molecule has 1 aromatic rings. The molecule has 1 saturated carbocycles. The molecule has 0 spiro atoms. The van der Waals surface area contributed by atoms with E-state index >= 15 is 0 Å². The maximum Gasteiger partial charge on any atom is 0.114 e. The minimum atomic E-state index is -0.982. The lowest BCUT2D eigenvalue weighted by atomic mass is 9.90. The van der Waals surface area contributed by atoms with Crippen LogP contribution in [0.15, 0.2) is 6.20 Å². The van der Waals surface area contributed by atoms with Crippen molar-refractivity contribution >= 4 is 0 Å². The van der Waals surface area contributed by atoms with Gasteiger partial charge in [0.1, 0.15) is 11.3 Å². The number of aliphatic hydroxyl groups excluding tert-OH is 1. The van der Waals surface area contributed by atoms with E-state index in [9.17, 15) is 10.2 Å². The van der Waals surface area contributed by atoms with E-state index in [1.54, 1.807) is 21.0 Å². The summed E-state index contributed by atoms with van der Waals surface area (Å²) < 4.78 is 6.80. The molecule has 1 aliphatic carbocycles. The monoisotopic (exact) mass is 312 g/mol. The number of hydrogen-bond donors (Lipinski definition) is 3. The molecule has 3 atom stereocenters. The second kappa shape index (κ2) is 7.50. The number of ether oxygens (including phenoxy) is 1. The lowest BCUT2D eigenvalue weighted by molar-refractivity contribution is 0.0594. The topological polar surface area (TPSA) is 92.4 Å². The van der Waals surface area contributed by atoms with Crippen molar-refractivity contribution < 1.29 is 14.9 Å². The Morgan fingerprint density at radius 2 is 2.18 bits per heavy atom. The number of aromatic nitrogens is 3. The van der Waals surface area contributed by atoms with Crippen LogP contribution in [-0.4, -0.2) is 57.6 Å². The molecule has 0 aliphatic heterocycles. The first kappa shape index (κ1) is 17.3. The molecule has 22 heavy (non-hydrogen) atoms. The van der Waals surface area contributed by atoms with E-state index < -0.39 is 11.7 Å². The molecule has 2 rings (SSSR count). The summed E-state index contributed by atoms with van der Waals surface area (Å²) in [5.74, 6) is 0. The van der Waals surface area contributed by atoms with Gasteiger partial charge in [-0.25, -0.2) is 4.68 Å². The molecule has 1 aromatic heterocycles. The lowest BCUT2D eigenvalue weighted by Gasteiger charge is -2.32. The van der Waals surface area contributed by atoms with E-state index in [1.165, 1.54) is 6.42 Å². The molecule has 1 heterocycles. The largest absolute Gasteiger partial charge is 0.389 e. The first-order chi connectivity index (χ1) is 10.4. The van der Waals surface area contributed by atoms with Crippen LogP contribution in [0.5, 0.6) is 0 Å². The van der Waals surface area contributed by atoms with Crippen LogP contribution < -0.4 is 5.32 Å².